The molecule has 0 aromatic heterocycles. The molecule has 0 aliphatic heterocycles. The topological polar surface area (TPSA) is 32.3 Å². The summed E-state index contributed by atoms with van der Waals surface area (Å²) in [6.45, 7) is 7.51. The number of aliphatic hydroxyl groups excluding tert-OH is 1. The maximum Gasteiger partial charge on any atom is 0.0451 e. The van der Waals surface area contributed by atoms with Gasteiger partial charge in [-0.2, -0.15) is 0 Å². The summed E-state index contributed by atoms with van der Waals surface area (Å²) in [6.07, 6.45) is 1.81. The molecule has 90 valence electrons. The number of rotatable bonds is 6. The minimum absolute atomic E-state index is 0.115. The standard InChI is InChI=1S/C14H23NO/c1-4-12-6-8-13(9-7-12)14(3,10-11-16)15-5-2/h6-9,15-16H,4-5,10-11H2,1-3H3. The summed E-state index contributed by atoms with van der Waals surface area (Å²) < 4.78 is 0. The average Bonchev–Trinajstić information content (AvgIpc) is 2.30. The van der Waals surface area contributed by atoms with Crippen molar-refractivity contribution in [2.24, 2.45) is 0 Å². The summed E-state index contributed by atoms with van der Waals surface area (Å²) in [6, 6.07) is 8.67. The van der Waals surface area contributed by atoms with Crippen molar-refractivity contribution in [2.45, 2.75) is 39.2 Å². The molecule has 2 heteroatoms. The molecule has 1 aromatic carbocycles. The van der Waals surface area contributed by atoms with Crippen molar-refractivity contribution in [1.29, 1.82) is 0 Å². The maximum absolute atomic E-state index is 9.15. The first-order valence-corrected chi connectivity index (χ1v) is 6.11. The third kappa shape index (κ3) is 3.06. The van der Waals surface area contributed by atoms with Gasteiger partial charge < -0.3 is 10.4 Å². The lowest BCUT2D eigenvalue weighted by molar-refractivity contribution is 0.223. The maximum atomic E-state index is 9.15. The molecule has 0 saturated carbocycles. The highest BCUT2D eigenvalue weighted by atomic mass is 16.3. The van der Waals surface area contributed by atoms with Crippen molar-refractivity contribution in [3.8, 4) is 0 Å². The molecule has 0 heterocycles. The van der Waals surface area contributed by atoms with E-state index in [9.17, 15) is 0 Å². The number of nitrogens with one attached hydrogen (secondary N) is 1. The molecule has 0 saturated heterocycles. The molecule has 1 rings (SSSR count). The molecule has 0 aliphatic carbocycles. The molecular weight excluding hydrogens is 198 g/mol. The SMILES string of the molecule is CCNC(C)(CCO)c1ccc(CC)cc1. The Morgan fingerprint density at radius 2 is 1.81 bits per heavy atom. The molecule has 1 unspecified atom stereocenters. The van der Waals surface area contributed by atoms with Gasteiger partial charge in [-0.3, -0.25) is 0 Å². The van der Waals surface area contributed by atoms with Gasteiger partial charge in [0.25, 0.3) is 0 Å². The highest BCUT2D eigenvalue weighted by molar-refractivity contribution is 5.28. The minimum atomic E-state index is -0.115. The zero-order valence-electron chi connectivity index (χ0n) is 10.6. The van der Waals surface area contributed by atoms with Gasteiger partial charge in [0.15, 0.2) is 0 Å². The highest BCUT2D eigenvalue weighted by Gasteiger charge is 2.24. The lowest BCUT2D eigenvalue weighted by Gasteiger charge is -2.30. The largest absolute Gasteiger partial charge is 0.396 e. The van der Waals surface area contributed by atoms with Crippen LogP contribution in [0.1, 0.15) is 38.3 Å². The molecule has 0 radical (unpaired) electrons. The van der Waals surface area contributed by atoms with E-state index in [1.165, 1.54) is 11.1 Å². The molecular formula is C14H23NO. The van der Waals surface area contributed by atoms with Gasteiger partial charge in [-0.1, -0.05) is 38.1 Å². The van der Waals surface area contributed by atoms with Gasteiger partial charge in [-0.15, -0.1) is 0 Å². The molecule has 1 aromatic rings. The fourth-order valence-electron chi connectivity index (χ4n) is 2.06. The highest BCUT2D eigenvalue weighted by Crippen LogP contribution is 2.24. The molecule has 2 N–H and O–H groups in total. The second-order valence-corrected chi connectivity index (χ2v) is 4.39. The van der Waals surface area contributed by atoms with E-state index in [1.807, 2.05) is 0 Å². The van der Waals surface area contributed by atoms with Crippen LogP contribution < -0.4 is 5.32 Å². The molecule has 2 nitrogen and oxygen atoms in total. The van der Waals surface area contributed by atoms with E-state index < -0.39 is 0 Å². The van der Waals surface area contributed by atoms with Crippen molar-refractivity contribution >= 4 is 0 Å². The fraction of sp³-hybridized carbons (Fsp3) is 0.571. The van der Waals surface area contributed by atoms with E-state index in [1.54, 1.807) is 0 Å². The molecule has 0 fully saturated rings. The Hall–Kier alpha value is -0.860. The van der Waals surface area contributed by atoms with Gasteiger partial charge >= 0.3 is 0 Å². The number of aliphatic hydroxyl groups is 1. The van der Waals surface area contributed by atoms with Gasteiger partial charge in [-0.05, 0) is 37.4 Å². The first-order chi connectivity index (χ1) is 7.66. The van der Waals surface area contributed by atoms with Crippen LogP contribution in [0.25, 0.3) is 0 Å². The zero-order valence-corrected chi connectivity index (χ0v) is 10.6. The third-order valence-corrected chi connectivity index (χ3v) is 3.18. The van der Waals surface area contributed by atoms with Gasteiger partial charge in [0, 0.05) is 12.1 Å². The number of hydrogen-bond acceptors (Lipinski definition) is 2. The van der Waals surface area contributed by atoms with E-state index >= 15 is 0 Å². The van der Waals surface area contributed by atoms with Crippen LogP contribution in [0.5, 0.6) is 0 Å². The van der Waals surface area contributed by atoms with Crippen LogP contribution in [0, 0.1) is 0 Å². The summed E-state index contributed by atoms with van der Waals surface area (Å²) >= 11 is 0. The van der Waals surface area contributed by atoms with Gasteiger partial charge in [0.05, 0.1) is 0 Å². The smallest absolute Gasteiger partial charge is 0.0451 e. The van der Waals surface area contributed by atoms with E-state index in [4.69, 9.17) is 5.11 Å². The van der Waals surface area contributed by atoms with Crippen LogP contribution in [-0.2, 0) is 12.0 Å². The number of aryl methyl sites for hydroxylation is 1. The monoisotopic (exact) mass is 221 g/mol. The molecule has 0 spiro atoms. The summed E-state index contributed by atoms with van der Waals surface area (Å²) in [7, 11) is 0. The third-order valence-electron chi connectivity index (χ3n) is 3.18. The summed E-state index contributed by atoms with van der Waals surface area (Å²) in [5.41, 5.74) is 2.49. The Balaban J connectivity index is 2.91. The van der Waals surface area contributed by atoms with Crippen molar-refractivity contribution in [1.82, 2.24) is 5.32 Å². The molecule has 0 amide bonds. The quantitative estimate of drug-likeness (QED) is 0.773. The summed E-state index contributed by atoms with van der Waals surface area (Å²) in [5.74, 6) is 0. The van der Waals surface area contributed by atoms with E-state index in [-0.39, 0.29) is 12.1 Å². The van der Waals surface area contributed by atoms with Crippen LogP contribution in [0.2, 0.25) is 0 Å². The van der Waals surface area contributed by atoms with E-state index in [2.05, 4.69) is 50.4 Å². The molecule has 0 bridgehead atoms. The number of hydrogen-bond donors (Lipinski definition) is 2. The van der Waals surface area contributed by atoms with Crippen LogP contribution in [0.4, 0.5) is 0 Å². The molecule has 1 atom stereocenters. The lowest BCUT2D eigenvalue weighted by Crippen LogP contribution is -2.40. The Bertz CT molecular complexity index is 299. The van der Waals surface area contributed by atoms with E-state index in [0.29, 0.717) is 0 Å². The first-order valence-electron chi connectivity index (χ1n) is 6.11. The van der Waals surface area contributed by atoms with Crippen molar-refractivity contribution < 1.29 is 5.11 Å². The second-order valence-electron chi connectivity index (χ2n) is 4.39. The fourth-order valence-corrected chi connectivity index (χ4v) is 2.06. The van der Waals surface area contributed by atoms with Crippen LogP contribution in [0.15, 0.2) is 24.3 Å². The average molecular weight is 221 g/mol. The van der Waals surface area contributed by atoms with Crippen molar-refractivity contribution in [2.75, 3.05) is 13.2 Å². The molecule has 0 aliphatic rings. The molecule has 16 heavy (non-hydrogen) atoms. The van der Waals surface area contributed by atoms with Crippen molar-refractivity contribution in [3.05, 3.63) is 35.4 Å². The number of benzene rings is 1. The Morgan fingerprint density at radius 3 is 2.25 bits per heavy atom. The van der Waals surface area contributed by atoms with Crippen LogP contribution in [-0.4, -0.2) is 18.3 Å². The van der Waals surface area contributed by atoms with Crippen LogP contribution in [0.3, 0.4) is 0 Å². The van der Waals surface area contributed by atoms with Crippen molar-refractivity contribution in [3.63, 3.8) is 0 Å². The van der Waals surface area contributed by atoms with Gasteiger partial charge in [0.1, 0.15) is 0 Å². The normalized spacial score (nSPS) is 14.8. The zero-order chi connectivity index (χ0) is 12.0. The lowest BCUT2D eigenvalue weighted by atomic mass is 9.88. The minimum Gasteiger partial charge on any atom is -0.396 e. The van der Waals surface area contributed by atoms with Gasteiger partial charge in [0.2, 0.25) is 0 Å². The Kier molecular flexibility index (Phi) is 4.97. The predicted molar refractivity (Wildman–Crippen MR) is 68.6 cm³/mol. The van der Waals surface area contributed by atoms with Gasteiger partial charge in [-0.25, -0.2) is 0 Å². The first kappa shape index (κ1) is 13.2. The predicted octanol–water partition coefficient (Wildman–Crippen LogP) is 2.46. The van der Waals surface area contributed by atoms with Crippen LogP contribution >= 0.6 is 0 Å². The summed E-state index contributed by atoms with van der Waals surface area (Å²) in [5, 5.41) is 12.6. The Morgan fingerprint density at radius 1 is 1.19 bits per heavy atom. The Labute approximate surface area is 98.7 Å². The summed E-state index contributed by atoms with van der Waals surface area (Å²) in [4.78, 5) is 0. The second kappa shape index (κ2) is 6.02. The van der Waals surface area contributed by atoms with E-state index in [0.717, 1.165) is 19.4 Å².